The van der Waals surface area contributed by atoms with E-state index in [0.717, 1.165) is 0 Å². The Hall–Kier alpha value is -0.670. The summed E-state index contributed by atoms with van der Waals surface area (Å²) in [6, 6.07) is 0. The summed E-state index contributed by atoms with van der Waals surface area (Å²) in [6.45, 7) is 4.94. The molecule has 0 bridgehead atoms. The number of rotatable bonds is 4. The van der Waals surface area contributed by atoms with Gasteiger partial charge >= 0.3 is 0 Å². The zero-order valence-electron chi connectivity index (χ0n) is 5.35. The van der Waals surface area contributed by atoms with Gasteiger partial charge in [-0.3, -0.25) is 4.79 Å². The normalized spacial score (nSPS) is 9.11. The SMILES string of the molecule is C=C(C)C(=O)CCO[O]. The Morgan fingerprint density at radius 2 is 2.22 bits per heavy atom. The van der Waals surface area contributed by atoms with E-state index in [1.54, 1.807) is 6.92 Å². The van der Waals surface area contributed by atoms with Gasteiger partial charge in [-0.25, -0.2) is 4.89 Å². The van der Waals surface area contributed by atoms with Gasteiger partial charge in [0.05, 0.1) is 6.61 Å². The van der Waals surface area contributed by atoms with E-state index in [4.69, 9.17) is 0 Å². The van der Waals surface area contributed by atoms with Crippen LogP contribution in [0.3, 0.4) is 0 Å². The molecule has 0 aromatic carbocycles. The van der Waals surface area contributed by atoms with Gasteiger partial charge in [-0.15, -0.1) is 0 Å². The van der Waals surface area contributed by atoms with Crippen LogP contribution in [0.1, 0.15) is 13.3 Å². The molecule has 0 amide bonds. The molecule has 0 N–H and O–H groups in total. The molecule has 9 heavy (non-hydrogen) atoms. The maximum atomic E-state index is 10.6. The predicted octanol–water partition coefficient (Wildman–Crippen LogP) is 0.884. The molecule has 0 saturated carbocycles. The number of Topliss-reactive ketones (excluding diaryl/α,β-unsaturated/α-hetero) is 1. The van der Waals surface area contributed by atoms with Crippen LogP contribution in [0.5, 0.6) is 0 Å². The summed E-state index contributed by atoms with van der Waals surface area (Å²) in [5, 5.41) is 9.38. The second kappa shape index (κ2) is 4.23. The molecule has 3 heteroatoms. The molecule has 3 nitrogen and oxygen atoms in total. The average Bonchev–Trinajstić information content (AvgIpc) is 1.82. The van der Waals surface area contributed by atoms with Crippen molar-refractivity contribution < 1.29 is 14.9 Å². The van der Waals surface area contributed by atoms with Crippen molar-refractivity contribution in [3.8, 4) is 0 Å². The summed E-state index contributed by atoms with van der Waals surface area (Å²) in [6.07, 6.45) is 0.138. The Balaban J connectivity index is 3.39. The molecule has 0 aliphatic rings. The minimum Gasteiger partial charge on any atom is -0.294 e. The maximum absolute atomic E-state index is 10.6. The Kier molecular flexibility index (Phi) is 3.92. The highest BCUT2D eigenvalue weighted by molar-refractivity contribution is 5.94. The van der Waals surface area contributed by atoms with Gasteiger partial charge in [0.1, 0.15) is 0 Å². The summed E-state index contributed by atoms with van der Waals surface area (Å²) in [4.78, 5) is 14.0. The minimum absolute atomic E-state index is 0.0638. The Morgan fingerprint density at radius 3 is 2.56 bits per heavy atom. The average molecular weight is 129 g/mol. The number of allylic oxidation sites excluding steroid dienone is 1. The molecule has 0 spiro atoms. The number of carbonyl (C=O) groups excluding carboxylic acids is 1. The van der Waals surface area contributed by atoms with Crippen molar-refractivity contribution in [2.75, 3.05) is 6.61 Å². The molecule has 0 heterocycles. The van der Waals surface area contributed by atoms with Crippen LogP contribution < -0.4 is 0 Å². The van der Waals surface area contributed by atoms with Crippen molar-refractivity contribution in [1.29, 1.82) is 0 Å². The fraction of sp³-hybridized carbons (Fsp3) is 0.500. The van der Waals surface area contributed by atoms with E-state index in [-0.39, 0.29) is 18.8 Å². The van der Waals surface area contributed by atoms with Crippen molar-refractivity contribution >= 4 is 5.78 Å². The van der Waals surface area contributed by atoms with E-state index in [1.165, 1.54) is 0 Å². The molecule has 0 aliphatic carbocycles. The summed E-state index contributed by atoms with van der Waals surface area (Å²) < 4.78 is 0. The molecular formula is C6H9O3. The molecule has 0 saturated heterocycles. The second-order valence-corrected chi connectivity index (χ2v) is 1.78. The highest BCUT2D eigenvalue weighted by Gasteiger charge is 2.00. The first kappa shape index (κ1) is 8.33. The van der Waals surface area contributed by atoms with Crippen LogP contribution in [-0.4, -0.2) is 12.4 Å². The summed E-state index contributed by atoms with van der Waals surface area (Å²) >= 11 is 0. The van der Waals surface area contributed by atoms with Gasteiger partial charge in [-0.2, -0.15) is 0 Å². The van der Waals surface area contributed by atoms with Crippen LogP contribution in [0, 0.1) is 0 Å². The third kappa shape index (κ3) is 3.88. The monoisotopic (exact) mass is 129 g/mol. The van der Waals surface area contributed by atoms with Crippen molar-refractivity contribution in [3.05, 3.63) is 12.2 Å². The Labute approximate surface area is 53.9 Å². The van der Waals surface area contributed by atoms with Crippen LogP contribution in [0.25, 0.3) is 0 Å². The second-order valence-electron chi connectivity index (χ2n) is 1.78. The van der Waals surface area contributed by atoms with Crippen molar-refractivity contribution in [1.82, 2.24) is 0 Å². The zero-order chi connectivity index (χ0) is 7.28. The Bertz CT molecular complexity index is 117. The van der Waals surface area contributed by atoms with E-state index in [1.807, 2.05) is 0 Å². The van der Waals surface area contributed by atoms with E-state index >= 15 is 0 Å². The minimum atomic E-state index is -0.120. The van der Waals surface area contributed by atoms with Gasteiger partial charge in [0.25, 0.3) is 0 Å². The van der Waals surface area contributed by atoms with Gasteiger partial charge in [0, 0.05) is 6.42 Å². The first-order valence-corrected chi connectivity index (χ1v) is 2.62. The first-order valence-electron chi connectivity index (χ1n) is 2.62. The van der Waals surface area contributed by atoms with Crippen LogP contribution in [-0.2, 0) is 14.9 Å². The third-order valence-corrected chi connectivity index (χ3v) is 0.888. The highest BCUT2D eigenvalue weighted by atomic mass is 17.1. The molecule has 0 aromatic heterocycles. The van der Waals surface area contributed by atoms with Crippen molar-refractivity contribution in [2.45, 2.75) is 13.3 Å². The number of carbonyl (C=O) groups is 1. The van der Waals surface area contributed by atoms with Crippen LogP contribution >= 0.6 is 0 Å². The van der Waals surface area contributed by atoms with Gasteiger partial charge in [-0.1, -0.05) is 6.58 Å². The molecular weight excluding hydrogens is 120 g/mol. The van der Waals surface area contributed by atoms with Crippen LogP contribution in [0.2, 0.25) is 0 Å². The molecule has 51 valence electrons. The van der Waals surface area contributed by atoms with Gasteiger partial charge in [-0.05, 0) is 17.8 Å². The molecule has 0 aliphatic heterocycles. The van der Waals surface area contributed by atoms with Gasteiger partial charge in [0.2, 0.25) is 0 Å². The summed E-state index contributed by atoms with van der Waals surface area (Å²) in [5.41, 5.74) is 0.465. The number of ketones is 1. The molecule has 0 rings (SSSR count). The standard InChI is InChI=1S/C6H9O3/c1-5(2)6(7)3-4-9-8/h1,3-4H2,2H3. The van der Waals surface area contributed by atoms with E-state index in [9.17, 15) is 10.1 Å². The van der Waals surface area contributed by atoms with Gasteiger partial charge < -0.3 is 0 Å². The lowest BCUT2D eigenvalue weighted by atomic mass is 10.2. The van der Waals surface area contributed by atoms with E-state index in [0.29, 0.717) is 5.57 Å². The first-order chi connectivity index (χ1) is 4.18. The quantitative estimate of drug-likeness (QED) is 0.321. The highest BCUT2D eigenvalue weighted by Crippen LogP contribution is 1.94. The summed E-state index contributed by atoms with van der Waals surface area (Å²) in [7, 11) is 0. The molecule has 0 unspecified atom stereocenters. The van der Waals surface area contributed by atoms with Crippen LogP contribution in [0.4, 0.5) is 0 Å². The Morgan fingerprint density at radius 1 is 1.67 bits per heavy atom. The predicted molar refractivity (Wildman–Crippen MR) is 31.1 cm³/mol. The van der Waals surface area contributed by atoms with E-state index in [2.05, 4.69) is 11.5 Å². The molecule has 0 atom stereocenters. The van der Waals surface area contributed by atoms with Gasteiger partial charge in [0.15, 0.2) is 5.78 Å². The van der Waals surface area contributed by atoms with Crippen LogP contribution in [0.15, 0.2) is 12.2 Å². The lowest BCUT2D eigenvalue weighted by molar-refractivity contribution is -0.302. The summed E-state index contributed by atoms with van der Waals surface area (Å²) in [5.74, 6) is -0.120. The number of hydrogen-bond donors (Lipinski definition) is 0. The lowest BCUT2D eigenvalue weighted by Crippen LogP contribution is -2.02. The largest absolute Gasteiger partial charge is 0.294 e. The molecule has 0 aromatic rings. The molecule has 0 fully saturated rings. The zero-order valence-corrected chi connectivity index (χ0v) is 5.35. The topological polar surface area (TPSA) is 46.2 Å². The lowest BCUT2D eigenvalue weighted by Gasteiger charge is -1.93. The smallest absolute Gasteiger partial charge is 0.160 e. The fourth-order valence-electron chi connectivity index (χ4n) is 0.348. The maximum Gasteiger partial charge on any atom is 0.160 e. The third-order valence-electron chi connectivity index (χ3n) is 0.888. The molecule has 1 radical (unpaired) electrons. The van der Waals surface area contributed by atoms with Crippen molar-refractivity contribution in [3.63, 3.8) is 0 Å². The van der Waals surface area contributed by atoms with E-state index < -0.39 is 0 Å². The number of hydrogen-bond acceptors (Lipinski definition) is 2. The van der Waals surface area contributed by atoms with Crippen molar-refractivity contribution in [2.24, 2.45) is 0 Å². The fourth-order valence-corrected chi connectivity index (χ4v) is 0.348.